The molecule has 6 heteroatoms. The van der Waals surface area contributed by atoms with E-state index in [1.54, 1.807) is 7.11 Å². The molecule has 1 aliphatic heterocycles. The smallest absolute Gasteiger partial charge is 0.165 e. The van der Waals surface area contributed by atoms with Crippen LogP contribution in [0.25, 0.3) is 0 Å². The molecule has 0 spiro atoms. The number of benzene rings is 3. The third-order valence-corrected chi connectivity index (χ3v) is 10.4. The van der Waals surface area contributed by atoms with Gasteiger partial charge in [-0.25, -0.2) is 0 Å². The van der Waals surface area contributed by atoms with Gasteiger partial charge < -0.3 is 14.4 Å². The Morgan fingerprint density at radius 3 is 2.02 bits per heavy atom. The van der Waals surface area contributed by atoms with Crippen molar-refractivity contribution >= 4 is 27.5 Å². The van der Waals surface area contributed by atoms with Crippen LogP contribution >= 0.6 is 15.9 Å². The second-order valence-electron chi connectivity index (χ2n) is 15.0. The SMILES string of the molecule is C=CCc1cc(C2C3=C(CC(C)(C)CC3=O)N(CCc3ccccc3)C3=C2C(=O)CC(C)(C)C3)cc(OC)c1OCc1ccc(Br)cc1. The molecule has 0 atom stereocenters. The molecule has 0 radical (unpaired) electrons. The lowest BCUT2D eigenvalue weighted by Gasteiger charge is -2.49. The number of rotatable bonds is 10. The topological polar surface area (TPSA) is 55.8 Å². The van der Waals surface area contributed by atoms with Gasteiger partial charge in [0.15, 0.2) is 23.1 Å². The lowest BCUT2D eigenvalue weighted by Crippen LogP contribution is -2.45. The first-order valence-electron chi connectivity index (χ1n) is 16.9. The van der Waals surface area contributed by atoms with E-state index >= 15 is 0 Å². The Balaban J connectivity index is 1.50. The van der Waals surface area contributed by atoms with Crippen LogP contribution in [0.15, 0.2) is 106 Å². The van der Waals surface area contributed by atoms with Gasteiger partial charge in [-0.1, -0.05) is 98.2 Å². The summed E-state index contributed by atoms with van der Waals surface area (Å²) >= 11 is 3.50. The molecule has 0 unspecified atom stereocenters. The Labute approximate surface area is 293 Å². The fourth-order valence-electron chi connectivity index (χ4n) is 7.75. The van der Waals surface area contributed by atoms with Crippen LogP contribution in [0.2, 0.25) is 0 Å². The van der Waals surface area contributed by atoms with E-state index in [0.29, 0.717) is 37.4 Å². The Morgan fingerprint density at radius 1 is 0.854 bits per heavy atom. The third kappa shape index (κ3) is 6.96. The first kappa shape index (κ1) is 34.0. The second-order valence-corrected chi connectivity index (χ2v) is 16.0. The molecule has 6 rings (SSSR count). The minimum atomic E-state index is -0.465. The first-order valence-corrected chi connectivity index (χ1v) is 17.7. The summed E-state index contributed by atoms with van der Waals surface area (Å²) in [5.41, 5.74) is 7.39. The predicted molar refractivity (Wildman–Crippen MR) is 195 cm³/mol. The van der Waals surface area contributed by atoms with Crippen LogP contribution in [0.3, 0.4) is 0 Å². The summed E-state index contributed by atoms with van der Waals surface area (Å²) in [6.07, 6.45) is 5.67. The van der Waals surface area contributed by atoms with E-state index in [1.807, 2.05) is 42.5 Å². The van der Waals surface area contributed by atoms with Gasteiger partial charge in [0, 0.05) is 57.9 Å². The lowest BCUT2D eigenvalue weighted by molar-refractivity contribution is -0.119. The van der Waals surface area contributed by atoms with Gasteiger partial charge in [0.2, 0.25) is 0 Å². The van der Waals surface area contributed by atoms with Gasteiger partial charge in [-0.2, -0.15) is 0 Å². The molecule has 0 fully saturated rings. The molecular formula is C42H46BrNO4. The van der Waals surface area contributed by atoms with Crippen molar-refractivity contribution in [2.45, 2.75) is 78.7 Å². The summed E-state index contributed by atoms with van der Waals surface area (Å²) in [6.45, 7) is 13.9. The standard InChI is InChI=1S/C42H46BrNO4/c1-7-11-29-20-30(21-36(47-6)40(29)48-26-28-14-16-31(43)17-15-28)37-38-32(22-41(2,3)24-34(38)45)44(19-18-27-12-9-8-10-13-27)33-23-42(4,5)25-35(46)39(33)37/h7-10,12-17,20-21,37H,1,11,18-19,22-26H2,2-6H3. The third-order valence-electron chi connectivity index (χ3n) is 9.86. The number of carbonyl (C=O) groups excluding carboxylic acids is 2. The summed E-state index contributed by atoms with van der Waals surface area (Å²) in [5, 5.41) is 0. The van der Waals surface area contributed by atoms with Crippen molar-refractivity contribution in [1.82, 2.24) is 4.90 Å². The number of hydrogen-bond donors (Lipinski definition) is 0. The largest absolute Gasteiger partial charge is 0.493 e. The van der Waals surface area contributed by atoms with Crippen molar-refractivity contribution in [2.75, 3.05) is 13.7 Å². The molecular weight excluding hydrogens is 662 g/mol. The average molecular weight is 709 g/mol. The van der Waals surface area contributed by atoms with Gasteiger partial charge in [0.1, 0.15) is 6.61 Å². The molecule has 2 aliphatic carbocycles. The van der Waals surface area contributed by atoms with Crippen molar-refractivity contribution < 1.29 is 19.1 Å². The molecule has 3 aromatic rings. The zero-order chi connectivity index (χ0) is 34.2. The Morgan fingerprint density at radius 2 is 1.46 bits per heavy atom. The summed E-state index contributed by atoms with van der Waals surface area (Å²) < 4.78 is 13.4. The lowest BCUT2D eigenvalue weighted by atomic mass is 9.63. The van der Waals surface area contributed by atoms with Crippen LogP contribution < -0.4 is 9.47 Å². The van der Waals surface area contributed by atoms with Crippen LogP contribution in [0, 0.1) is 10.8 Å². The maximum Gasteiger partial charge on any atom is 0.165 e. The molecule has 5 nitrogen and oxygen atoms in total. The van der Waals surface area contributed by atoms with Gasteiger partial charge in [-0.3, -0.25) is 9.59 Å². The van der Waals surface area contributed by atoms with Crippen LogP contribution in [0.4, 0.5) is 0 Å². The highest BCUT2D eigenvalue weighted by Gasteiger charge is 2.49. The molecule has 250 valence electrons. The summed E-state index contributed by atoms with van der Waals surface area (Å²) in [4.78, 5) is 31.1. The van der Waals surface area contributed by atoms with Gasteiger partial charge in [0.05, 0.1) is 7.11 Å². The number of halogens is 1. The molecule has 48 heavy (non-hydrogen) atoms. The molecule has 3 aliphatic rings. The van der Waals surface area contributed by atoms with Crippen LogP contribution in [0.1, 0.15) is 81.5 Å². The number of hydrogen-bond acceptors (Lipinski definition) is 5. The zero-order valence-corrected chi connectivity index (χ0v) is 30.4. The number of allylic oxidation sites excluding steroid dienone is 5. The minimum absolute atomic E-state index is 0.125. The van der Waals surface area contributed by atoms with E-state index in [4.69, 9.17) is 9.47 Å². The Kier molecular flexibility index (Phi) is 9.59. The molecule has 0 saturated carbocycles. The molecule has 0 N–H and O–H groups in total. The first-order chi connectivity index (χ1) is 22.9. The van der Waals surface area contributed by atoms with Crippen LogP contribution in [-0.4, -0.2) is 30.1 Å². The average Bonchev–Trinajstić information content (AvgIpc) is 3.03. The van der Waals surface area contributed by atoms with Crippen molar-refractivity contribution in [1.29, 1.82) is 0 Å². The molecule has 0 bridgehead atoms. The normalized spacial score (nSPS) is 18.8. The monoisotopic (exact) mass is 707 g/mol. The highest BCUT2D eigenvalue weighted by molar-refractivity contribution is 9.10. The van der Waals surface area contributed by atoms with Crippen molar-refractivity contribution in [3.05, 3.63) is 129 Å². The van der Waals surface area contributed by atoms with Crippen molar-refractivity contribution in [3.8, 4) is 11.5 Å². The maximum atomic E-state index is 14.4. The quantitative estimate of drug-likeness (QED) is 0.197. The minimum Gasteiger partial charge on any atom is -0.493 e. The number of Topliss-reactive ketones (excluding diaryl/α,β-unsaturated/α-hetero) is 2. The molecule has 1 heterocycles. The molecule has 0 saturated heterocycles. The maximum absolute atomic E-state index is 14.4. The number of methoxy groups -OCH3 is 1. The number of nitrogens with zero attached hydrogens (tertiary/aromatic N) is 1. The van der Waals surface area contributed by atoms with E-state index in [-0.39, 0.29) is 22.4 Å². The Hall–Kier alpha value is -3.90. The van der Waals surface area contributed by atoms with Crippen molar-refractivity contribution in [2.24, 2.45) is 10.8 Å². The van der Waals surface area contributed by atoms with E-state index < -0.39 is 5.92 Å². The van der Waals surface area contributed by atoms with Crippen LogP contribution in [0.5, 0.6) is 11.5 Å². The fourth-order valence-corrected chi connectivity index (χ4v) is 8.01. The van der Waals surface area contributed by atoms with E-state index in [1.165, 1.54) is 5.56 Å². The number of ether oxygens (including phenoxy) is 2. The Bertz CT molecular complexity index is 1740. The molecule has 0 aromatic heterocycles. The summed E-state index contributed by atoms with van der Waals surface area (Å²) in [5.74, 6) is 1.03. The van der Waals surface area contributed by atoms with Gasteiger partial charge in [0.25, 0.3) is 0 Å². The highest BCUT2D eigenvalue weighted by atomic mass is 79.9. The summed E-state index contributed by atoms with van der Waals surface area (Å²) in [6, 6.07) is 22.6. The second kappa shape index (κ2) is 13.5. The predicted octanol–water partition coefficient (Wildman–Crippen LogP) is 9.69. The zero-order valence-electron chi connectivity index (χ0n) is 28.8. The fraction of sp³-hybridized carbons (Fsp3) is 0.381. The molecule has 3 aromatic carbocycles. The summed E-state index contributed by atoms with van der Waals surface area (Å²) in [7, 11) is 1.65. The van der Waals surface area contributed by atoms with Gasteiger partial charge >= 0.3 is 0 Å². The van der Waals surface area contributed by atoms with Crippen LogP contribution in [-0.2, 0) is 29.0 Å². The number of carbonyl (C=O) groups is 2. The van der Waals surface area contributed by atoms with E-state index in [9.17, 15) is 9.59 Å². The highest BCUT2D eigenvalue weighted by Crippen LogP contribution is 2.55. The molecule has 0 amide bonds. The van der Waals surface area contributed by atoms with E-state index in [2.05, 4.69) is 85.4 Å². The van der Waals surface area contributed by atoms with Crippen molar-refractivity contribution in [3.63, 3.8) is 0 Å². The van der Waals surface area contributed by atoms with Gasteiger partial charge in [-0.05, 0) is 71.4 Å². The van der Waals surface area contributed by atoms with E-state index in [0.717, 1.165) is 69.5 Å². The van der Waals surface area contributed by atoms with Gasteiger partial charge in [-0.15, -0.1) is 6.58 Å². The number of ketones is 2.